The van der Waals surface area contributed by atoms with E-state index in [0.717, 1.165) is 4.88 Å². The van der Waals surface area contributed by atoms with Gasteiger partial charge >= 0.3 is 0 Å². The zero-order valence-electron chi connectivity index (χ0n) is 10.3. The lowest BCUT2D eigenvalue weighted by Crippen LogP contribution is -2.09. The van der Waals surface area contributed by atoms with Crippen LogP contribution in [0, 0.1) is 10.1 Å². The van der Waals surface area contributed by atoms with Crippen LogP contribution in [0.15, 0.2) is 35.7 Å². The lowest BCUT2D eigenvalue weighted by molar-refractivity contribution is -0.384. The number of non-ortho nitro benzene ring substituents is 1. The molecule has 0 aliphatic carbocycles. The van der Waals surface area contributed by atoms with Crippen LogP contribution in [0.3, 0.4) is 0 Å². The molecule has 0 aliphatic rings. The molecule has 1 unspecified atom stereocenters. The average molecular weight is 278 g/mol. The SMILES string of the molecule is CC(Nc1cc(NN)cc([N+](=O)[O-])c1)c1cccs1. The molecule has 19 heavy (non-hydrogen) atoms. The molecule has 1 heterocycles. The van der Waals surface area contributed by atoms with E-state index in [0.29, 0.717) is 11.4 Å². The van der Waals surface area contributed by atoms with E-state index in [1.54, 1.807) is 17.4 Å². The summed E-state index contributed by atoms with van der Waals surface area (Å²) in [4.78, 5) is 11.6. The molecule has 6 nitrogen and oxygen atoms in total. The number of benzene rings is 1. The summed E-state index contributed by atoms with van der Waals surface area (Å²) in [6, 6.07) is 8.68. The minimum absolute atomic E-state index is 0.00340. The predicted octanol–water partition coefficient (Wildman–Crippen LogP) is 3.12. The van der Waals surface area contributed by atoms with Gasteiger partial charge in [0.1, 0.15) is 0 Å². The molecule has 0 aliphatic heterocycles. The highest BCUT2D eigenvalue weighted by molar-refractivity contribution is 7.10. The van der Waals surface area contributed by atoms with Crippen molar-refractivity contribution in [3.63, 3.8) is 0 Å². The van der Waals surface area contributed by atoms with E-state index in [1.807, 2.05) is 24.4 Å². The van der Waals surface area contributed by atoms with Crippen molar-refractivity contribution in [3.8, 4) is 0 Å². The molecule has 1 aromatic carbocycles. The Morgan fingerprint density at radius 1 is 1.37 bits per heavy atom. The third-order valence-corrected chi connectivity index (χ3v) is 3.70. The Hall–Kier alpha value is -2.12. The molecular formula is C12H14N4O2S. The molecule has 0 spiro atoms. The van der Waals surface area contributed by atoms with Crippen molar-refractivity contribution < 1.29 is 4.92 Å². The number of rotatable bonds is 5. The molecule has 7 heteroatoms. The van der Waals surface area contributed by atoms with Gasteiger partial charge < -0.3 is 10.7 Å². The summed E-state index contributed by atoms with van der Waals surface area (Å²) in [5, 5.41) is 16.1. The highest BCUT2D eigenvalue weighted by Crippen LogP contribution is 2.28. The quantitative estimate of drug-likeness (QED) is 0.444. The minimum atomic E-state index is -0.443. The molecular weight excluding hydrogens is 264 g/mol. The smallest absolute Gasteiger partial charge is 0.273 e. The number of anilines is 2. The van der Waals surface area contributed by atoms with E-state index in [4.69, 9.17) is 5.84 Å². The van der Waals surface area contributed by atoms with Crippen LogP contribution in [0.1, 0.15) is 17.8 Å². The number of nitrogens with two attached hydrogens (primary N) is 1. The number of nitrogens with zero attached hydrogens (tertiary/aromatic N) is 1. The summed E-state index contributed by atoms with van der Waals surface area (Å²) in [5.41, 5.74) is 3.58. The summed E-state index contributed by atoms with van der Waals surface area (Å²) in [5.74, 6) is 5.31. The van der Waals surface area contributed by atoms with E-state index >= 15 is 0 Å². The molecule has 0 amide bonds. The monoisotopic (exact) mass is 278 g/mol. The van der Waals surface area contributed by atoms with E-state index in [-0.39, 0.29) is 11.7 Å². The van der Waals surface area contributed by atoms with Gasteiger partial charge in [0.15, 0.2) is 0 Å². The number of hydrogen-bond donors (Lipinski definition) is 3. The van der Waals surface area contributed by atoms with E-state index in [1.165, 1.54) is 12.1 Å². The zero-order valence-corrected chi connectivity index (χ0v) is 11.1. The van der Waals surface area contributed by atoms with Gasteiger partial charge in [-0.3, -0.25) is 16.0 Å². The fourth-order valence-corrected chi connectivity index (χ4v) is 2.48. The van der Waals surface area contributed by atoms with Gasteiger partial charge in [-0.2, -0.15) is 0 Å². The molecule has 2 aromatic rings. The maximum atomic E-state index is 10.8. The number of hydrazine groups is 1. The number of nitrogens with one attached hydrogen (secondary N) is 2. The lowest BCUT2D eigenvalue weighted by Gasteiger charge is -2.14. The molecule has 0 saturated heterocycles. The van der Waals surface area contributed by atoms with Gasteiger partial charge in [-0.25, -0.2) is 0 Å². The molecule has 2 rings (SSSR count). The molecule has 0 radical (unpaired) electrons. The Bertz CT molecular complexity index is 571. The van der Waals surface area contributed by atoms with Crippen molar-refractivity contribution >= 4 is 28.4 Å². The zero-order chi connectivity index (χ0) is 13.8. The number of nitro benzene ring substituents is 1. The van der Waals surface area contributed by atoms with Crippen LogP contribution >= 0.6 is 11.3 Å². The number of nitro groups is 1. The molecule has 1 aromatic heterocycles. The molecule has 100 valence electrons. The minimum Gasteiger partial charge on any atom is -0.377 e. The van der Waals surface area contributed by atoms with Crippen molar-refractivity contribution in [2.24, 2.45) is 5.84 Å². The maximum absolute atomic E-state index is 10.8. The fraction of sp³-hybridized carbons (Fsp3) is 0.167. The van der Waals surface area contributed by atoms with E-state index in [2.05, 4.69) is 10.7 Å². The summed E-state index contributed by atoms with van der Waals surface area (Å²) >= 11 is 1.63. The average Bonchev–Trinajstić information content (AvgIpc) is 2.92. The van der Waals surface area contributed by atoms with Crippen LogP contribution in [-0.2, 0) is 0 Å². The number of hydrogen-bond acceptors (Lipinski definition) is 6. The van der Waals surface area contributed by atoms with Crippen LogP contribution in [0.5, 0.6) is 0 Å². The second kappa shape index (κ2) is 5.68. The first-order chi connectivity index (χ1) is 9.10. The molecule has 0 fully saturated rings. The highest BCUT2D eigenvalue weighted by atomic mass is 32.1. The van der Waals surface area contributed by atoms with Gasteiger partial charge in [-0.1, -0.05) is 6.07 Å². The van der Waals surface area contributed by atoms with Crippen molar-refractivity contribution in [2.45, 2.75) is 13.0 Å². The third kappa shape index (κ3) is 3.21. The second-order valence-electron chi connectivity index (χ2n) is 4.05. The van der Waals surface area contributed by atoms with Crippen LogP contribution < -0.4 is 16.6 Å². The van der Waals surface area contributed by atoms with Gasteiger partial charge in [0.2, 0.25) is 0 Å². The third-order valence-electron chi connectivity index (χ3n) is 2.65. The van der Waals surface area contributed by atoms with Crippen LogP contribution in [0.25, 0.3) is 0 Å². The molecule has 1 atom stereocenters. The van der Waals surface area contributed by atoms with E-state index in [9.17, 15) is 10.1 Å². The molecule has 0 bridgehead atoms. The Kier molecular flexibility index (Phi) is 3.98. The second-order valence-corrected chi connectivity index (χ2v) is 5.03. The first kappa shape index (κ1) is 13.3. The first-order valence-corrected chi connectivity index (χ1v) is 6.54. The van der Waals surface area contributed by atoms with Gasteiger partial charge in [0.05, 0.1) is 16.7 Å². The summed E-state index contributed by atoms with van der Waals surface area (Å²) in [6.45, 7) is 2.00. The van der Waals surface area contributed by atoms with Crippen LogP contribution in [-0.4, -0.2) is 4.92 Å². The van der Waals surface area contributed by atoms with Crippen molar-refractivity contribution in [1.29, 1.82) is 0 Å². The van der Waals surface area contributed by atoms with Gasteiger partial charge in [-0.15, -0.1) is 11.3 Å². The van der Waals surface area contributed by atoms with Crippen molar-refractivity contribution in [3.05, 3.63) is 50.7 Å². The standard InChI is InChI=1S/C12H14N4O2S/c1-8(12-3-2-4-19-12)14-9-5-10(15-13)7-11(6-9)16(17)18/h2-8,14-15H,13H2,1H3. The summed E-state index contributed by atoms with van der Waals surface area (Å²) in [7, 11) is 0. The molecule has 4 N–H and O–H groups in total. The fourth-order valence-electron chi connectivity index (χ4n) is 1.74. The van der Waals surface area contributed by atoms with Crippen molar-refractivity contribution in [1.82, 2.24) is 0 Å². The number of nitrogen functional groups attached to an aromatic ring is 1. The Labute approximate surface area is 114 Å². The van der Waals surface area contributed by atoms with Gasteiger partial charge in [0, 0.05) is 22.7 Å². The van der Waals surface area contributed by atoms with Gasteiger partial charge in [0.25, 0.3) is 5.69 Å². The van der Waals surface area contributed by atoms with Gasteiger partial charge in [-0.05, 0) is 24.4 Å². The topological polar surface area (TPSA) is 93.2 Å². The van der Waals surface area contributed by atoms with Crippen molar-refractivity contribution in [2.75, 3.05) is 10.7 Å². The van der Waals surface area contributed by atoms with E-state index < -0.39 is 4.92 Å². The Morgan fingerprint density at radius 2 is 2.11 bits per heavy atom. The summed E-state index contributed by atoms with van der Waals surface area (Å²) < 4.78 is 0. The number of thiophene rings is 1. The normalized spacial score (nSPS) is 11.9. The lowest BCUT2D eigenvalue weighted by atomic mass is 10.2. The maximum Gasteiger partial charge on any atom is 0.273 e. The Balaban J connectivity index is 2.24. The summed E-state index contributed by atoms with van der Waals surface area (Å²) in [6.07, 6.45) is 0. The largest absolute Gasteiger partial charge is 0.377 e. The predicted molar refractivity (Wildman–Crippen MR) is 77.3 cm³/mol. The highest BCUT2D eigenvalue weighted by Gasteiger charge is 2.12. The van der Waals surface area contributed by atoms with Crippen LogP contribution in [0.4, 0.5) is 17.1 Å². The van der Waals surface area contributed by atoms with Crippen LogP contribution in [0.2, 0.25) is 0 Å². The molecule has 0 saturated carbocycles. The first-order valence-electron chi connectivity index (χ1n) is 5.66. The Morgan fingerprint density at radius 3 is 2.68 bits per heavy atom.